The largest absolute Gasteiger partial charge is 0.368 e. The minimum absolute atomic E-state index is 0.0591. The Morgan fingerprint density at radius 3 is 2.40 bits per heavy atom. The van der Waals surface area contributed by atoms with Crippen LogP contribution in [0, 0.1) is 10.1 Å². The monoisotopic (exact) mass is 280 g/mol. The fraction of sp³-hybridized carbons (Fsp3) is 0.667. The average molecular weight is 280 g/mol. The zero-order valence-corrected chi connectivity index (χ0v) is 12.0. The molecule has 0 atom stereocenters. The van der Waals surface area contributed by atoms with Gasteiger partial charge in [0.15, 0.2) is 0 Å². The van der Waals surface area contributed by atoms with E-state index in [-0.39, 0.29) is 17.2 Å². The predicted molar refractivity (Wildman–Crippen MR) is 76.6 cm³/mol. The standard InChI is InChI=1S/C12H20N6O2/c1-12(2,3)17-6-4-16(5-7-17)10-9(18(19)20)8-14-11(13)15-10/h8H,4-7H2,1-3H3,(H2,13,14,15). The molecule has 0 bridgehead atoms. The topological polar surface area (TPSA) is 101 Å². The van der Waals surface area contributed by atoms with Crippen molar-refractivity contribution in [3.8, 4) is 0 Å². The predicted octanol–water partition coefficient (Wildman–Crippen LogP) is 0.887. The summed E-state index contributed by atoms with van der Waals surface area (Å²) in [5, 5.41) is 11.0. The Kier molecular flexibility index (Phi) is 3.76. The molecule has 1 saturated heterocycles. The van der Waals surface area contributed by atoms with Gasteiger partial charge in [0.25, 0.3) is 0 Å². The molecular weight excluding hydrogens is 260 g/mol. The van der Waals surface area contributed by atoms with Gasteiger partial charge in [0, 0.05) is 31.7 Å². The lowest BCUT2D eigenvalue weighted by Crippen LogP contribution is -2.53. The Hall–Kier alpha value is -1.96. The third-order valence-corrected chi connectivity index (χ3v) is 3.49. The van der Waals surface area contributed by atoms with Crippen molar-refractivity contribution in [2.75, 3.05) is 36.8 Å². The number of hydrogen-bond donors (Lipinski definition) is 1. The fourth-order valence-corrected chi connectivity index (χ4v) is 2.33. The van der Waals surface area contributed by atoms with Crippen LogP contribution in [0.2, 0.25) is 0 Å². The van der Waals surface area contributed by atoms with E-state index in [0.717, 1.165) is 13.1 Å². The number of piperazine rings is 1. The van der Waals surface area contributed by atoms with Crippen LogP contribution in [0.1, 0.15) is 20.8 Å². The molecule has 1 aromatic rings. The summed E-state index contributed by atoms with van der Waals surface area (Å²) in [6, 6.07) is 0. The number of nitro groups is 1. The highest BCUT2D eigenvalue weighted by molar-refractivity contribution is 5.58. The Morgan fingerprint density at radius 2 is 1.90 bits per heavy atom. The van der Waals surface area contributed by atoms with Crippen LogP contribution >= 0.6 is 0 Å². The molecule has 0 aliphatic carbocycles. The van der Waals surface area contributed by atoms with Crippen LogP contribution in [0.15, 0.2) is 6.20 Å². The third-order valence-electron chi connectivity index (χ3n) is 3.49. The highest BCUT2D eigenvalue weighted by atomic mass is 16.6. The first kappa shape index (κ1) is 14.4. The van der Waals surface area contributed by atoms with Gasteiger partial charge >= 0.3 is 5.69 Å². The zero-order chi connectivity index (χ0) is 14.9. The molecule has 2 rings (SSSR count). The Balaban J connectivity index is 2.18. The van der Waals surface area contributed by atoms with Gasteiger partial charge in [-0.25, -0.2) is 4.98 Å². The maximum atomic E-state index is 11.0. The maximum absolute atomic E-state index is 11.0. The quantitative estimate of drug-likeness (QED) is 0.634. The van der Waals surface area contributed by atoms with Crippen LogP contribution in [0.4, 0.5) is 17.5 Å². The lowest BCUT2D eigenvalue weighted by molar-refractivity contribution is -0.384. The second-order valence-corrected chi connectivity index (χ2v) is 5.84. The van der Waals surface area contributed by atoms with Gasteiger partial charge in [0.05, 0.1) is 4.92 Å². The molecule has 2 N–H and O–H groups in total. The highest BCUT2D eigenvalue weighted by Gasteiger charge is 2.29. The second kappa shape index (κ2) is 5.20. The Labute approximate surface area is 117 Å². The van der Waals surface area contributed by atoms with Crippen LogP contribution < -0.4 is 10.6 Å². The number of rotatable bonds is 2. The van der Waals surface area contributed by atoms with Crippen LogP contribution in [0.3, 0.4) is 0 Å². The molecule has 0 aromatic carbocycles. The summed E-state index contributed by atoms with van der Waals surface area (Å²) in [6.45, 7) is 9.54. The summed E-state index contributed by atoms with van der Waals surface area (Å²) >= 11 is 0. The number of aromatic nitrogens is 2. The third kappa shape index (κ3) is 2.96. The van der Waals surface area contributed by atoms with Crippen molar-refractivity contribution in [3.63, 3.8) is 0 Å². The minimum atomic E-state index is -0.467. The molecule has 8 heteroatoms. The summed E-state index contributed by atoms with van der Waals surface area (Å²) in [5.74, 6) is 0.375. The minimum Gasteiger partial charge on any atom is -0.368 e. The van der Waals surface area contributed by atoms with Gasteiger partial charge < -0.3 is 10.6 Å². The van der Waals surface area contributed by atoms with Crippen LogP contribution in [-0.2, 0) is 0 Å². The van der Waals surface area contributed by atoms with E-state index in [4.69, 9.17) is 5.73 Å². The molecule has 0 saturated carbocycles. The van der Waals surface area contributed by atoms with Crippen molar-refractivity contribution in [1.29, 1.82) is 0 Å². The van der Waals surface area contributed by atoms with E-state index in [1.165, 1.54) is 6.20 Å². The summed E-state index contributed by atoms with van der Waals surface area (Å²) < 4.78 is 0. The molecule has 1 aliphatic rings. The summed E-state index contributed by atoms with van der Waals surface area (Å²) in [6.07, 6.45) is 1.17. The van der Waals surface area contributed by atoms with E-state index in [0.29, 0.717) is 18.9 Å². The van der Waals surface area contributed by atoms with Crippen molar-refractivity contribution < 1.29 is 4.92 Å². The molecule has 0 amide bonds. The number of nitrogen functional groups attached to an aromatic ring is 1. The van der Waals surface area contributed by atoms with E-state index in [1.54, 1.807) is 0 Å². The van der Waals surface area contributed by atoms with Crippen molar-refractivity contribution in [1.82, 2.24) is 14.9 Å². The fourth-order valence-electron chi connectivity index (χ4n) is 2.33. The van der Waals surface area contributed by atoms with Crippen molar-refractivity contribution in [2.24, 2.45) is 0 Å². The van der Waals surface area contributed by atoms with E-state index in [9.17, 15) is 10.1 Å². The van der Waals surface area contributed by atoms with Crippen molar-refractivity contribution >= 4 is 17.5 Å². The first-order valence-electron chi connectivity index (χ1n) is 6.56. The Bertz CT molecular complexity index is 505. The summed E-state index contributed by atoms with van der Waals surface area (Å²) in [7, 11) is 0. The van der Waals surface area contributed by atoms with Gasteiger partial charge in [0.1, 0.15) is 6.20 Å². The number of hydrogen-bond acceptors (Lipinski definition) is 7. The first-order chi connectivity index (χ1) is 9.29. The molecule has 8 nitrogen and oxygen atoms in total. The molecule has 0 spiro atoms. The molecule has 1 aromatic heterocycles. The average Bonchev–Trinajstić information content (AvgIpc) is 2.37. The molecule has 20 heavy (non-hydrogen) atoms. The first-order valence-corrected chi connectivity index (χ1v) is 6.56. The molecule has 2 heterocycles. The normalized spacial score (nSPS) is 17.2. The van der Waals surface area contributed by atoms with Crippen LogP contribution in [0.25, 0.3) is 0 Å². The van der Waals surface area contributed by atoms with Gasteiger partial charge in [-0.15, -0.1) is 0 Å². The zero-order valence-electron chi connectivity index (χ0n) is 12.0. The van der Waals surface area contributed by atoms with Gasteiger partial charge in [-0.1, -0.05) is 0 Å². The lowest BCUT2D eigenvalue weighted by atomic mass is 10.0. The SMILES string of the molecule is CC(C)(C)N1CCN(c2nc(N)ncc2[N+](=O)[O-])CC1. The van der Waals surface area contributed by atoms with E-state index < -0.39 is 4.92 Å². The number of anilines is 2. The van der Waals surface area contributed by atoms with Gasteiger partial charge in [0.2, 0.25) is 11.8 Å². The molecule has 110 valence electrons. The molecular formula is C12H20N6O2. The smallest absolute Gasteiger partial charge is 0.329 e. The van der Waals surface area contributed by atoms with Gasteiger partial charge in [-0.05, 0) is 20.8 Å². The number of nitrogens with two attached hydrogens (primary N) is 1. The highest BCUT2D eigenvalue weighted by Crippen LogP contribution is 2.27. The van der Waals surface area contributed by atoms with Crippen LogP contribution in [0.5, 0.6) is 0 Å². The van der Waals surface area contributed by atoms with Gasteiger partial charge in [-0.3, -0.25) is 15.0 Å². The van der Waals surface area contributed by atoms with E-state index in [2.05, 4.69) is 35.6 Å². The Morgan fingerprint density at radius 1 is 1.30 bits per heavy atom. The van der Waals surface area contributed by atoms with E-state index in [1.807, 2.05) is 4.90 Å². The maximum Gasteiger partial charge on any atom is 0.329 e. The second-order valence-electron chi connectivity index (χ2n) is 5.84. The molecule has 0 radical (unpaired) electrons. The summed E-state index contributed by atoms with van der Waals surface area (Å²) in [4.78, 5) is 22.6. The molecule has 1 fully saturated rings. The van der Waals surface area contributed by atoms with Gasteiger partial charge in [-0.2, -0.15) is 4.98 Å². The molecule has 1 aliphatic heterocycles. The number of nitrogens with zero attached hydrogens (tertiary/aromatic N) is 5. The van der Waals surface area contributed by atoms with Crippen LogP contribution in [-0.4, -0.2) is 51.5 Å². The van der Waals surface area contributed by atoms with E-state index >= 15 is 0 Å². The lowest BCUT2D eigenvalue weighted by Gasteiger charge is -2.42. The van der Waals surface area contributed by atoms with Crippen molar-refractivity contribution in [3.05, 3.63) is 16.3 Å². The summed E-state index contributed by atoms with van der Waals surface area (Å²) in [5.41, 5.74) is 5.55. The van der Waals surface area contributed by atoms with Crippen molar-refractivity contribution in [2.45, 2.75) is 26.3 Å². The molecule has 0 unspecified atom stereocenters.